The summed E-state index contributed by atoms with van der Waals surface area (Å²) >= 11 is 5.72. The summed E-state index contributed by atoms with van der Waals surface area (Å²) in [6, 6.07) is 14.4. The largest absolute Gasteiger partial charge is 0.481 e. The van der Waals surface area contributed by atoms with Gasteiger partial charge in [-0.25, -0.2) is 14.4 Å². The molecular weight excluding hydrogens is 760 g/mol. The number of carbonyl (C=O) groups is 3. The van der Waals surface area contributed by atoms with Crippen LogP contribution in [0.1, 0.15) is 49.5 Å². The molecule has 5 atom stereocenters. The number of hydrogen-bond acceptors (Lipinski definition) is 16. The van der Waals surface area contributed by atoms with Gasteiger partial charge in [0.15, 0.2) is 6.23 Å². The van der Waals surface area contributed by atoms with Crippen molar-refractivity contribution in [1.29, 1.82) is 0 Å². The van der Waals surface area contributed by atoms with Gasteiger partial charge in [0.1, 0.15) is 24.1 Å². The predicted octanol–water partition coefficient (Wildman–Crippen LogP) is 1.47. The molecule has 20 heteroatoms. The maximum atomic E-state index is 12.3. The van der Waals surface area contributed by atoms with E-state index in [-0.39, 0.29) is 40.6 Å². The molecular formula is C36H43ClN6O13. The number of nitrogen functional groups attached to an aromatic ring is 1. The van der Waals surface area contributed by atoms with Crippen molar-refractivity contribution in [3.63, 3.8) is 0 Å². The summed E-state index contributed by atoms with van der Waals surface area (Å²) < 4.78 is 15.8. The van der Waals surface area contributed by atoms with E-state index in [4.69, 9.17) is 47.5 Å². The number of aromatic nitrogens is 2. The Balaban J connectivity index is 0.000000237. The fourth-order valence-electron chi connectivity index (χ4n) is 5.98. The molecule has 0 amide bonds. The summed E-state index contributed by atoms with van der Waals surface area (Å²) in [5, 5.41) is 51.8. The Labute approximate surface area is 324 Å². The van der Waals surface area contributed by atoms with E-state index >= 15 is 0 Å². The number of dihydropyridines is 1. The molecule has 9 N–H and O–H groups in total. The topological polar surface area (TPSA) is 302 Å². The number of hydrogen-bond donors (Lipinski definition) is 7. The highest BCUT2D eigenvalue weighted by molar-refractivity contribution is 6.30. The van der Waals surface area contributed by atoms with Crippen molar-refractivity contribution in [2.75, 3.05) is 33.1 Å². The molecule has 0 spiro atoms. The molecule has 56 heavy (non-hydrogen) atoms. The van der Waals surface area contributed by atoms with Gasteiger partial charge in [-0.15, -0.1) is 0 Å². The Kier molecular flexibility index (Phi) is 16.2. The van der Waals surface area contributed by atoms with Crippen molar-refractivity contribution in [2.45, 2.75) is 56.6 Å². The number of para-hydroxylation sites is 1. The Morgan fingerprint density at radius 3 is 2.05 bits per heavy atom. The van der Waals surface area contributed by atoms with Gasteiger partial charge in [0, 0.05) is 40.2 Å². The van der Waals surface area contributed by atoms with Crippen LogP contribution in [0.3, 0.4) is 0 Å². The van der Waals surface area contributed by atoms with E-state index in [0.717, 1.165) is 10.1 Å². The van der Waals surface area contributed by atoms with Gasteiger partial charge in [0.2, 0.25) is 0 Å². The maximum Gasteiger partial charge on any atom is 0.351 e. The molecule has 2 aliphatic heterocycles. The van der Waals surface area contributed by atoms with Crippen LogP contribution in [0.25, 0.3) is 0 Å². The number of methoxy groups -OCH3 is 2. The van der Waals surface area contributed by atoms with E-state index in [1.807, 2.05) is 12.1 Å². The van der Waals surface area contributed by atoms with Crippen LogP contribution < -0.4 is 22.5 Å². The van der Waals surface area contributed by atoms with Crippen molar-refractivity contribution in [2.24, 2.45) is 5.73 Å². The summed E-state index contributed by atoms with van der Waals surface area (Å²) in [7, 11) is 2.42. The molecule has 1 aromatic heterocycles. The molecule has 2 aliphatic rings. The van der Waals surface area contributed by atoms with Crippen LogP contribution in [0.2, 0.25) is 5.02 Å². The monoisotopic (exact) mass is 802 g/mol. The zero-order valence-corrected chi connectivity index (χ0v) is 31.5. The first-order valence-electron chi connectivity index (χ1n) is 16.7. The number of halogens is 1. The fourth-order valence-corrected chi connectivity index (χ4v) is 6.10. The third kappa shape index (κ3) is 10.7. The zero-order valence-electron chi connectivity index (χ0n) is 30.7. The van der Waals surface area contributed by atoms with Crippen molar-refractivity contribution in [1.82, 2.24) is 14.9 Å². The summed E-state index contributed by atoms with van der Waals surface area (Å²) in [6.45, 7) is 3.16. The lowest BCUT2D eigenvalue weighted by Crippen LogP contribution is -2.36. The van der Waals surface area contributed by atoms with Crippen LogP contribution >= 0.6 is 11.6 Å². The smallest absolute Gasteiger partial charge is 0.351 e. The number of nitro benzene ring substituents is 1. The number of nitrogens with two attached hydrogens (primary N) is 2. The van der Waals surface area contributed by atoms with E-state index in [0.29, 0.717) is 23.0 Å². The Hall–Kier alpha value is -5.70. The molecule has 3 heterocycles. The number of aliphatic carboxylic acids is 1. The average molecular weight is 803 g/mol. The molecule has 3 aromatic rings. The summed E-state index contributed by atoms with van der Waals surface area (Å²) in [5.41, 5.74) is 12.2. The number of anilines is 1. The standard InChI is InChI=1S/C17H18N2O6.C10H12ClNO2.C9H13N3O5/c1-9-13(16(20)24-3)15(14(10(2)18-9)17(21)25-4)11-7-5-6-8-12(11)19(22)23;11-9-3-1-7(2-4-9)8(6-12)5-10(13)14;10-5-1-2-12(9(16)11-5)8-7(15)6(14)4(3-13)17-8/h5-8,15,18H,1-4H3;1-4,8H,5-6,12H2,(H,13,14);1-2,4,6-8,13-15H,3H2,(H2,10,11,16)/t;;4-,6-,7+,8-/m..1/s1. The number of carbonyl (C=O) groups excluding carboxylic acids is 2. The number of nitrogens with zero attached hydrogens (tertiary/aromatic N) is 3. The zero-order chi connectivity index (χ0) is 41.9. The number of esters is 2. The Morgan fingerprint density at radius 2 is 1.59 bits per heavy atom. The lowest BCUT2D eigenvalue weighted by molar-refractivity contribution is -0.385. The van der Waals surface area contributed by atoms with Gasteiger partial charge in [0.25, 0.3) is 5.69 Å². The molecule has 1 unspecified atom stereocenters. The van der Waals surface area contributed by atoms with E-state index in [9.17, 15) is 39.5 Å². The number of benzene rings is 2. The van der Waals surface area contributed by atoms with E-state index in [1.165, 1.54) is 44.7 Å². The highest BCUT2D eigenvalue weighted by Gasteiger charge is 2.44. The van der Waals surface area contributed by atoms with Crippen LogP contribution in [0.15, 0.2) is 88.1 Å². The van der Waals surface area contributed by atoms with Crippen LogP contribution in [0, 0.1) is 10.1 Å². The normalized spacial score (nSPS) is 19.7. The summed E-state index contributed by atoms with van der Waals surface area (Å²) in [4.78, 5) is 61.1. The molecule has 0 radical (unpaired) electrons. The number of carboxylic acids is 1. The van der Waals surface area contributed by atoms with Crippen molar-refractivity contribution in [3.8, 4) is 0 Å². The SMILES string of the molecule is COC(=O)C1=C(C)NC(C)=C(C(=O)OC)C1c1ccccc1[N+](=O)[O-].NCC(CC(=O)O)c1ccc(Cl)cc1.Nc1ccn([C@@H]2O[C@H](CO)[C@@H](O)[C@@H]2O)c(=O)n1. The summed E-state index contributed by atoms with van der Waals surface area (Å²) in [6.07, 6.45) is -3.21. The molecule has 5 rings (SSSR count). The quantitative estimate of drug-likeness (QED) is 0.0867. The second kappa shape index (κ2) is 20.3. The van der Waals surface area contributed by atoms with Crippen LogP contribution in [0.4, 0.5) is 11.5 Å². The number of ether oxygens (including phenoxy) is 3. The molecule has 1 fully saturated rings. The third-order valence-corrected chi connectivity index (χ3v) is 8.96. The molecule has 2 aromatic carbocycles. The number of aliphatic hydroxyl groups excluding tert-OH is 3. The van der Waals surface area contributed by atoms with Gasteiger partial charge in [-0.1, -0.05) is 41.9 Å². The lowest BCUT2D eigenvalue weighted by Gasteiger charge is -2.29. The van der Waals surface area contributed by atoms with E-state index < -0.39 is 65.6 Å². The molecule has 19 nitrogen and oxygen atoms in total. The number of aliphatic hydroxyl groups is 3. The van der Waals surface area contributed by atoms with Gasteiger partial charge in [-0.05, 0) is 44.2 Å². The first kappa shape index (κ1) is 44.7. The Morgan fingerprint density at radius 1 is 1.02 bits per heavy atom. The minimum absolute atomic E-state index is 0.0537. The summed E-state index contributed by atoms with van der Waals surface area (Å²) in [5.74, 6) is -3.25. The molecule has 0 aliphatic carbocycles. The third-order valence-electron chi connectivity index (χ3n) is 8.71. The minimum atomic E-state index is -1.31. The first-order chi connectivity index (χ1) is 26.5. The maximum absolute atomic E-state index is 12.3. The van der Waals surface area contributed by atoms with Crippen molar-refractivity contribution < 1.29 is 53.9 Å². The van der Waals surface area contributed by atoms with Crippen LogP contribution in [-0.2, 0) is 28.6 Å². The number of rotatable bonds is 10. The predicted molar refractivity (Wildman–Crippen MR) is 200 cm³/mol. The van der Waals surface area contributed by atoms with Gasteiger partial charge < -0.3 is 51.4 Å². The van der Waals surface area contributed by atoms with Gasteiger partial charge in [-0.2, -0.15) is 4.98 Å². The lowest BCUT2D eigenvalue weighted by atomic mass is 9.79. The number of nitrogens with one attached hydrogen (secondary N) is 1. The molecule has 302 valence electrons. The fraction of sp³-hybridized carbons (Fsp3) is 0.361. The molecule has 1 saturated heterocycles. The van der Waals surface area contributed by atoms with Crippen LogP contribution in [-0.4, -0.2) is 98.5 Å². The van der Waals surface area contributed by atoms with Gasteiger partial charge in [0.05, 0.1) is 49.2 Å². The number of nitro groups is 1. The molecule has 0 bridgehead atoms. The average Bonchev–Trinajstić information content (AvgIpc) is 3.45. The first-order valence-corrected chi connectivity index (χ1v) is 17.1. The Bertz CT molecular complexity index is 1980. The second-order valence-electron chi connectivity index (χ2n) is 12.3. The van der Waals surface area contributed by atoms with Crippen molar-refractivity contribution in [3.05, 3.63) is 120 Å². The second-order valence-corrected chi connectivity index (χ2v) is 12.7. The minimum Gasteiger partial charge on any atom is -0.481 e. The van der Waals surface area contributed by atoms with Crippen molar-refractivity contribution >= 4 is 41.0 Å². The molecule has 0 saturated carbocycles. The number of carboxylic acid groups (broad SMARTS) is 1. The van der Waals surface area contributed by atoms with Gasteiger partial charge >= 0.3 is 23.6 Å². The van der Waals surface area contributed by atoms with Crippen LogP contribution in [0.5, 0.6) is 0 Å². The number of allylic oxidation sites excluding steroid dienone is 2. The highest BCUT2D eigenvalue weighted by atomic mass is 35.5. The highest BCUT2D eigenvalue weighted by Crippen LogP contribution is 2.42. The van der Waals surface area contributed by atoms with Gasteiger partial charge in [-0.3, -0.25) is 19.5 Å². The van der Waals surface area contributed by atoms with E-state index in [1.54, 1.807) is 32.0 Å². The van der Waals surface area contributed by atoms with E-state index in [2.05, 4.69) is 10.3 Å².